The Kier molecular flexibility index (Phi) is 4.73. The van der Waals surface area contributed by atoms with Gasteiger partial charge in [0.25, 0.3) is 0 Å². The van der Waals surface area contributed by atoms with E-state index in [-0.39, 0.29) is 0 Å². The monoisotopic (exact) mass is 308 g/mol. The van der Waals surface area contributed by atoms with Crippen molar-refractivity contribution in [3.05, 3.63) is 64.6 Å². The maximum Gasteiger partial charge on any atom is 0.0544 e. The second-order valence-corrected chi connectivity index (χ2v) is 4.86. The average molecular weight is 309 g/mol. The molecular formula is C14H14BrFN2. The summed E-state index contributed by atoms with van der Waals surface area (Å²) in [5.41, 5.74) is 4.54. The lowest BCUT2D eigenvalue weighted by Gasteiger charge is -2.14. The second-order valence-electron chi connectivity index (χ2n) is 3.94. The van der Waals surface area contributed by atoms with Gasteiger partial charge in [-0.3, -0.25) is 5.43 Å². The van der Waals surface area contributed by atoms with E-state index in [9.17, 15) is 4.48 Å². The van der Waals surface area contributed by atoms with E-state index in [1.165, 1.54) is 0 Å². The molecule has 2 rings (SSSR count). The largest absolute Gasteiger partial charge is 0.292 e. The summed E-state index contributed by atoms with van der Waals surface area (Å²) >= 11 is 3.34. The minimum Gasteiger partial charge on any atom is -0.292 e. The molecule has 1 N–H and O–H groups in total. The van der Waals surface area contributed by atoms with E-state index in [2.05, 4.69) is 21.4 Å². The van der Waals surface area contributed by atoms with Crippen molar-refractivity contribution in [2.45, 2.75) is 6.42 Å². The molecule has 0 radical (unpaired) electrons. The molecule has 0 aliphatic rings. The molecule has 18 heavy (non-hydrogen) atoms. The molecule has 0 saturated heterocycles. The van der Waals surface area contributed by atoms with Gasteiger partial charge in [0, 0.05) is 4.47 Å². The summed E-state index contributed by atoms with van der Waals surface area (Å²) in [6, 6.07) is 17.2. The number of anilines is 1. The molecule has 0 aromatic heterocycles. The summed E-state index contributed by atoms with van der Waals surface area (Å²) in [5.74, 6) is 0. The molecule has 0 aliphatic carbocycles. The summed E-state index contributed by atoms with van der Waals surface area (Å²) in [6.07, 6.45) is 0.668. The van der Waals surface area contributed by atoms with Crippen LogP contribution in [-0.2, 0) is 6.42 Å². The van der Waals surface area contributed by atoms with E-state index in [4.69, 9.17) is 0 Å². The van der Waals surface area contributed by atoms with Crippen LogP contribution in [0.15, 0.2) is 59.1 Å². The van der Waals surface area contributed by atoms with Gasteiger partial charge in [0.2, 0.25) is 0 Å². The predicted molar refractivity (Wildman–Crippen MR) is 75.7 cm³/mol. The lowest BCUT2D eigenvalue weighted by atomic mass is 10.2. The van der Waals surface area contributed by atoms with Crippen molar-refractivity contribution in [1.29, 1.82) is 0 Å². The van der Waals surface area contributed by atoms with E-state index in [1.54, 1.807) is 0 Å². The molecule has 2 aromatic carbocycles. The van der Waals surface area contributed by atoms with E-state index >= 15 is 0 Å². The van der Waals surface area contributed by atoms with Crippen molar-refractivity contribution in [3.63, 3.8) is 0 Å². The summed E-state index contributed by atoms with van der Waals surface area (Å²) < 4.78 is 14.6. The smallest absolute Gasteiger partial charge is 0.0544 e. The Morgan fingerprint density at radius 2 is 1.67 bits per heavy atom. The van der Waals surface area contributed by atoms with Crippen LogP contribution in [0, 0.1) is 0 Å². The molecule has 2 nitrogen and oxygen atoms in total. The van der Waals surface area contributed by atoms with Gasteiger partial charge in [0.1, 0.15) is 0 Å². The first-order chi connectivity index (χ1) is 8.74. The average Bonchev–Trinajstić information content (AvgIpc) is 2.40. The molecule has 0 unspecified atom stereocenters. The fraction of sp³-hybridized carbons (Fsp3) is 0.143. The van der Waals surface area contributed by atoms with Gasteiger partial charge >= 0.3 is 0 Å². The third-order valence-corrected chi connectivity index (χ3v) is 3.06. The molecule has 2 aromatic rings. The van der Waals surface area contributed by atoms with Gasteiger partial charge in [-0.05, 0) is 36.2 Å². The normalized spacial score (nSPS) is 10.6. The number of hydrazine groups is 1. The van der Waals surface area contributed by atoms with Crippen molar-refractivity contribution in [1.82, 2.24) is 5.23 Å². The molecule has 0 aliphatic heterocycles. The lowest BCUT2D eigenvalue weighted by molar-refractivity contribution is 0.0598. The fourth-order valence-electron chi connectivity index (χ4n) is 1.59. The van der Waals surface area contributed by atoms with Gasteiger partial charge in [0.15, 0.2) is 0 Å². The highest BCUT2D eigenvalue weighted by atomic mass is 79.9. The highest BCUT2D eigenvalue weighted by Crippen LogP contribution is 2.15. The maximum atomic E-state index is 13.6. The van der Waals surface area contributed by atoms with Crippen LogP contribution < -0.4 is 5.43 Å². The van der Waals surface area contributed by atoms with Gasteiger partial charge in [-0.2, -0.15) is 0 Å². The number of benzene rings is 2. The minimum absolute atomic E-state index is 0.306. The maximum absolute atomic E-state index is 13.6. The molecule has 4 heteroatoms. The number of hydrogen-bond acceptors (Lipinski definition) is 2. The van der Waals surface area contributed by atoms with Crippen LogP contribution in [0.25, 0.3) is 0 Å². The molecule has 0 saturated carbocycles. The molecule has 0 atom stereocenters. The third-order valence-electron chi connectivity index (χ3n) is 2.53. The van der Waals surface area contributed by atoms with Crippen LogP contribution in [0.1, 0.15) is 5.56 Å². The topological polar surface area (TPSA) is 15.3 Å². The molecule has 0 amide bonds. The lowest BCUT2D eigenvalue weighted by Crippen LogP contribution is -2.23. The van der Waals surface area contributed by atoms with E-state index in [1.807, 2.05) is 54.6 Å². The van der Waals surface area contributed by atoms with Gasteiger partial charge in [0.05, 0.1) is 12.2 Å². The number of nitrogens with zero attached hydrogens (tertiary/aromatic N) is 1. The van der Waals surface area contributed by atoms with Crippen LogP contribution >= 0.6 is 15.9 Å². The quantitative estimate of drug-likeness (QED) is 0.657. The van der Waals surface area contributed by atoms with Crippen molar-refractivity contribution in [3.8, 4) is 0 Å². The molecule has 0 spiro atoms. The van der Waals surface area contributed by atoms with Crippen LogP contribution in [0.4, 0.5) is 10.2 Å². The van der Waals surface area contributed by atoms with Gasteiger partial charge in [-0.1, -0.05) is 51.5 Å². The van der Waals surface area contributed by atoms with Gasteiger partial charge < -0.3 is 0 Å². The van der Waals surface area contributed by atoms with Crippen LogP contribution in [0.3, 0.4) is 0 Å². The summed E-state index contributed by atoms with van der Waals surface area (Å²) in [4.78, 5) is 0. The highest BCUT2D eigenvalue weighted by Gasteiger charge is 2.03. The first kappa shape index (κ1) is 13.1. The van der Waals surface area contributed by atoms with E-state index in [0.717, 1.165) is 15.7 Å². The Bertz CT molecular complexity index is 473. The molecule has 0 bridgehead atoms. The number of nitrogens with one attached hydrogen (secondary N) is 1. The number of rotatable bonds is 5. The van der Waals surface area contributed by atoms with Crippen LogP contribution in [-0.4, -0.2) is 11.8 Å². The van der Waals surface area contributed by atoms with Crippen molar-refractivity contribution in [2.75, 3.05) is 12.0 Å². The summed E-state index contributed by atoms with van der Waals surface area (Å²) in [5, 5.41) is 0.607. The zero-order chi connectivity index (χ0) is 12.8. The van der Waals surface area contributed by atoms with Crippen molar-refractivity contribution in [2.24, 2.45) is 0 Å². The zero-order valence-corrected chi connectivity index (χ0v) is 11.4. The van der Waals surface area contributed by atoms with Gasteiger partial charge in [-0.25, -0.2) is 0 Å². The first-order valence-corrected chi connectivity index (χ1v) is 6.53. The first-order valence-electron chi connectivity index (χ1n) is 5.73. The highest BCUT2D eigenvalue weighted by molar-refractivity contribution is 9.10. The Hall–Kier alpha value is -1.39. The Morgan fingerprint density at radius 1 is 1.00 bits per heavy atom. The third kappa shape index (κ3) is 4.13. The van der Waals surface area contributed by atoms with Gasteiger partial charge in [-0.15, -0.1) is 4.48 Å². The second kappa shape index (κ2) is 6.52. The minimum atomic E-state index is 0.306. The fourth-order valence-corrected chi connectivity index (χ4v) is 1.86. The standard InChI is InChI=1S/C14H14BrFN2/c15-13-6-8-14(9-7-13)17-18(16)11-10-12-4-2-1-3-5-12/h1-9,17H,10-11H2. The van der Waals surface area contributed by atoms with Crippen molar-refractivity contribution >= 4 is 21.6 Å². The summed E-state index contributed by atoms with van der Waals surface area (Å²) in [6.45, 7) is 0.306. The molecule has 94 valence electrons. The summed E-state index contributed by atoms with van der Waals surface area (Å²) in [7, 11) is 0. The van der Waals surface area contributed by atoms with E-state index in [0.29, 0.717) is 18.2 Å². The number of hydrogen-bond donors (Lipinski definition) is 1. The Labute approximate surface area is 114 Å². The predicted octanol–water partition coefficient (Wildman–Crippen LogP) is 4.21. The molecule has 0 heterocycles. The zero-order valence-electron chi connectivity index (χ0n) is 9.81. The van der Waals surface area contributed by atoms with E-state index < -0.39 is 0 Å². The van der Waals surface area contributed by atoms with Crippen LogP contribution in [0.5, 0.6) is 0 Å². The molecule has 0 fully saturated rings. The van der Waals surface area contributed by atoms with Crippen molar-refractivity contribution < 1.29 is 4.48 Å². The van der Waals surface area contributed by atoms with Crippen LogP contribution in [0.2, 0.25) is 0 Å². The SMILES string of the molecule is FN(CCc1ccccc1)Nc1ccc(Br)cc1. The molecular weight excluding hydrogens is 295 g/mol. The Morgan fingerprint density at radius 3 is 2.33 bits per heavy atom. The Balaban J connectivity index is 1.82. The number of halogens is 2.